The first kappa shape index (κ1) is 13.5. The molecule has 1 rings (SSSR count). The quantitative estimate of drug-likeness (QED) is 0.646. The Morgan fingerprint density at radius 3 is 2.75 bits per heavy atom. The molecule has 1 aliphatic carbocycles. The minimum atomic E-state index is -0.427. The fourth-order valence-electron chi connectivity index (χ4n) is 2.12. The van der Waals surface area contributed by atoms with Gasteiger partial charge in [-0.2, -0.15) is 0 Å². The number of aliphatic hydroxyl groups is 1. The Labute approximate surface area is 97.6 Å². The molecule has 1 amide bonds. The monoisotopic (exact) mass is 228 g/mol. The van der Waals surface area contributed by atoms with E-state index < -0.39 is 6.04 Å². The number of carbonyl (C=O) groups is 1. The van der Waals surface area contributed by atoms with Crippen molar-refractivity contribution in [3.63, 3.8) is 0 Å². The van der Waals surface area contributed by atoms with Crippen molar-refractivity contribution in [2.75, 3.05) is 6.54 Å². The lowest BCUT2D eigenvalue weighted by atomic mass is 9.99. The molecule has 4 atom stereocenters. The molecule has 0 aromatic rings. The smallest absolute Gasteiger partial charge is 0.237 e. The van der Waals surface area contributed by atoms with Gasteiger partial charge in [0.05, 0.1) is 12.1 Å². The highest BCUT2D eigenvalue weighted by Gasteiger charge is 2.26. The van der Waals surface area contributed by atoms with E-state index in [-0.39, 0.29) is 23.8 Å². The van der Waals surface area contributed by atoms with Gasteiger partial charge in [-0.25, -0.2) is 0 Å². The van der Waals surface area contributed by atoms with Gasteiger partial charge in [-0.1, -0.05) is 26.7 Å². The number of aliphatic hydroxyl groups excluding tert-OH is 1. The van der Waals surface area contributed by atoms with Crippen LogP contribution in [-0.2, 0) is 4.79 Å². The SMILES string of the molecule is CCC(C)[C@H](N)C(=O)NCC1CCCC1O. The molecular formula is C12H24N2O2. The maximum atomic E-state index is 11.7. The van der Waals surface area contributed by atoms with Crippen LogP contribution in [-0.4, -0.2) is 29.7 Å². The lowest BCUT2D eigenvalue weighted by Crippen LogP contribution is -2.46. The van der Waals surface area contributed by atoms with Gasteiger partial charge in [0.25, 0.3) is 0 Å². The summed E-state index contributed by atoms with van der Waals surface area (Å²) in [4.78, 5) is 11.7. The summed E-state index contributed by atoms with van der Waals surface area (Å²) in [7, 11) is 0. The molecule has 1 fully saturated rings. The Bertz CT molecular complexity index is 233. The summed E-state index contributed by atoms with van der Waals surface area (Å²) in [6.07, 6.45) is 3.57. The van der Waals surface area contributed by atoms with E-state index in [4.69, 9.17) is 5.73 Å². The van der Waals surface area contributed by atoms with Crippen LogP contribution >= 0.6 is 0 Å². The standard InChI is InChI=1S/C12H24N2O2/c1-3-8(2)11(13)12(16)14-7-9-5-4-6-10(9)15/h8-11,15H,3-7,13H2,1-2H3,(H,14,16)/t8?,9?,10?,11-/m0/s1. The number of rotatable bonds is 5. The molecule has 16 heavy (non-hydrogen) atoms. The molecule has 0 aliphatic heterocycles. The fourth-order valence-corrected chi connectivity index (χ4v) is 2.12. The molecule has 1 aliphatic rings. The normalized spacial score (nSPS) is 28.8. The first-order valence-corrected chi connectivity index (χ1v) is 6.27. The number of nitrogens with two attached hydrogens (primary N) is 1. The van der Waals surface area contributed by atoms with Crippen molar-refractivity contribution in [2.45, 2.75) is 51.7 Å². The summed E-state index contributed by atoms with van der Waals surface area (Å²) in [5, 5.41) is 12.5. The van der Waals surface area contributed by atoms with Crippen LogP contribution < -0.4 is 11.1 Å². The van der Waals surface area contributed by atoms with Crippen molar-refractivity contribution < 1.29 is 9.90 Å². The van der Waals surface area contributed by atoms with Crippen LogP contribution in [0, 0.1) is 11.8 Å². The highest BCUT2D eigenvalue weighted by Crippen LogP contribution is 2.24. The van der Waals surface area contributed by atoms with Crippen LogP contribution in [0.15, 0.2) is 0 Å². The third kappa shape index (κ3) is 3.46. The molecule has 4 nitrogen and oxygen atoms in total. The Kier molecular flexibility index (Phi) is 5.22. The van der Waals surface area contributed by atoms with Gasteiger partial charge in [0.2, 0.25) is 5.91 Å². The van der Waals surface area contributed by atoms with Crippen LogP contribution in [0.3, 0.4) is 0 Å². The predicted molar refractivity (Wildman–Crippen MR) is 63.8 cm³/mol. The van der Waals surface area contributed by atoms with Gasteiger partial charge in [0.15, 0.2) is 0 Å². The average molecular weight is 228 g/mol. The minimum Gasteiger partial charge on any atom is -0.393 e. The Balaban J connectivity index is 2.29. The maximum absolute atomic E-state index is 11.7. The van der Waals surface area contributed by atoms with Gasteiger partial charge in [0, 0.05) is 12.5 Å². The summed E-state index contributed by atoms with van der Waals surface area (Å²) in [5.41, 5.74) is 5.82. The minimum absolute atomic E-state index is 0.0894. The van der Waals surface area contributed by atoms with Gasteiger partial charge in [-0.3, -0.25) is 4.79 Å². The maximum Gasteiger partial charge on any atom is 0.237 e. The van der Waals surface area contributed by atoms with Crippen molar-refractivity contribution in [3.8, 4) is 0 Å². The molecule has 1 saturated carbocycles. The largest absolute Gasteiger partial charge is 0.393 e. The second kappa shape index (κ2) is 6.21. The van der Waals surface area contributed by atoms with E-state index in [9.17, 15) is 9.90 Å². The molecule has 94 valence electrons. The molecule has 0 spiro atoms. The van der Waals surface area contributed by atoms with Crippen LogP contribution in [0.1, 0.15) is 39.5 Å². The van der Waals surface area contributed by atoms with E-state index in [1.165, 1.54) is 0 Å². The van der Waals surface area contributed by atoms with E-state index in [1.807, 2.05) is 13.8 Å². The van der Waals surface area contributed by atoms with Crippen LogP contribution in [0.2, 0.25) is 0 Å². The predicted octanol–water partition coefficient (Wildman–Crippen LogP) is 0.637. The molecule has 0 bridgehead atoms. The fraction of sp³-hybridized carbons (Fsp3) is 0.917. The van der Waals surface area contributed by atoms with E-state index in [0.29, 0.717) is 6.54 Å². The lowest BCUT2D eigenvalue weighted by molar-refractivity contribution is -0.123. The molecule has 4 heteroatoms. The summed E-state index contributed by atoms with van der Waals surface area (Å²) in [5.74, 6) is 0.329. The van der Waals surface area contributed by atoms with Gasteiger partial charge in [-0.05, 0) is 18.8 Å². The van der Waals surface area contributed by atoms with Crippen molar-refractivity contribution in [3.05, 3.63) is 0 Å². The van der Waals surface area contributed by atoms with E-state index in [0.717, 1.165) is 25.7 Å². The van der Waals surface area contributed by atoms with Crippen molar-refractivity contribution in [1.29, 1.82) is 0 Å². The number of hydrogen-bond acceptors (Lipinski definition) is 3. The van der Waals surface area contributed by atoms with E-state index >= 15 is 0 Å². The molecule has 0 aromatic heterocycles. The molecule has 0 aromatic carbocycles. The molecule has 0 saturated heterocycles. The molecule has 0 radical (unpaired) electrons. The first-order valence-electron chi connectivity index (χ1n) is 6.27. The first-order chi connectivity index (χ1) is 7.56. The highest BCUT2D eigenvalue weighted by molar-refractivity contribution is 5.81. The van der Waals surface area contributed by atoms with Gasteiger partial charge < -0.3 is 16.2 Å². The Morgan fingerprint density at radius 1 is 1.56 bits per heavy atom. The van der Waals surface area contributed by atoms with Crippen molar-refractivity contribution in [1.82, 2.24) is 5.32 Å². The van der Waals surface area contributed by atoms with Gasteiger partial charge in [-0.15, -0.1) is 0 Å². The number of amides is 1. The molecular weight excluding hydrogens is 204 g/mol. The van der Waals surface area contributed by atoms with E-state index in [1.54, 1.807) is 0 Å². The van der Waals surface area contributed by atoms with Crippen LogP contribution in [0.4, 0.5) is 0 Å². The Hall–Kier alpha value is -0.610. The molecule has 0 heterocycles. The number of carbonyl (C=O) groups excluding carboxylic acids is 1. The third-order valence-corrected chi connectivity index (χ3v) is 3.72. The van der Waals surface area contributed by atoms with Crippen molar-refractivity contribution in [2.24, 2.45) is 17.6 Å². The Morgan fingerprint density at radius 2 is 2.25 bits per heavy atom. The molecule has 3 unspecified atom stereocenters. The topological polar surface area (TPSA) is 75.4 Å². The van der Waals surface area contributed by atoms with Crippen LogP contribution in [0.5, 0.6) is 0 Å². The summed E-state index contributed by atoms with van der Waals surface area (Å²) >= 11 is 0. The van der Waals surface area contributed by atoms with Crippen LogP contribution in [0.25, 0.3) is 0 Å². The number of nitrogens with one attached hydrogen (secondary N) is 1. The molecule has 4 N–H and O–H groups in total. The van der Waals surface area contributed by atoms with Gasteiger partial charge >= 0.3 is 0 Å². The lowest BCUT2D eigenvalue weighted by Gasteiger charge is -2.20. The zero-order valence-corrected chi connectivity index (χ0v) is 10.3. The summed E-state index contributed by atoms with van der Waals surface area (Å²) < 4.78 is 0. The van der Waals surface area contributed by atoms with Crippen molar-refractivity contribution >= 4 is 5.91 Å². The average Bonchev–Trinajstić information content (AvgIpc) is 2.69. The zero-order valence-electron chi connectivity index (χ0n) is 10.3. The van der Waals surface area contributed by atoms with Gasteiger partial charge in [0.1, 0.15) is 0 Å². The second-order valence-corrected chi connectivity index (χ2v) is 4.91. The summed E-state index contributed by atoms with van der Waals surface area (Å²) in [6, 6.07) is -0.427. The number of hydrogen-bond donors (Lipinski definition) is 3. The third-order valence-electron chi connectivity index (χ3n) is 3.72. The second-order valence-electron chi connectivity index (χ2n) is 4.91. The summed E-state index contributed by atoms with van der Waals surface area (Å²) in [6.45, 7) is 4.57. The highest BCUT2D eigenvalue weighted by atomic mass is 16.3. The zero-order chi connectivity index (χ0) is 12.1. The van der Waals surface area contributed by atoms with E-state index in [2.05, 4.69) is 5.32 Å².